The Labute approximate surface area is 129 Å². The summed E-state index contributed by atoms with van der Waals surface area (Å²) in [6.45, 7) is 0. The minimum Gasteiger partial charge on any atom is -0.478 e. The standard InChI is InChI=1S/C15H9BrN2O3/c16-12-6-5-11(8-17)13(7-12)18-14(19)9-1-3-10(4-2-9)15(20)21/h1-7H,(H,18,19)(H,20,21). The molecule has 0 atom stereocenters. The average Bonchev–Trinajstić information content (AvgIpc) is 2.47. The van der Waals surface area contributed by atoms with Crippen LogP contribution in [0.4, 0.5) is 5.69 Å². The highest BCUT2D eigenvalue weighted by atomic mass is 79.9. The first kappa shape index (κ1) is 14.8. The molecule has 2 rings (SSSR count). The van der Waals surface area contributed by atoms with E-state index in [9.17, 15) is 9.59 Å². The first-order valence-electron chi connectivity index (χ1n) is 5.85. The Morgan fingerprint density at radius 3 is 2.29 bits per heavy atom. The van der Waals surface area contributed by atoms with Crippen LogP contribution in [0.15, 0.2) is 46.9 Å². The average molecular weight is 345 g/mol. The van der Waals surface area contributed by atoms with E-state index in [1.54, 1.807) is 18.2 Å². The minimum absolute atomic E-state index is 0.103. The van der Waals surface area contributed by atoms with E-state index in [2.05, 4.69) is 21.2 Å². The molecule has 0 bridgehead atoms. The van der Waals surface area contributed by atoms with Crippen LogP contribution < -0.4 is 5.32 Å². The van der Waals surface area contributed by atoms with E-state index in [-0.39, 0.29) is 5.56 Å². The summed E-state index contributed by atoms with van der Waals surface area (Å²) >= 11 is 3.27. The second-order valence-electron chi connectivity index (χ2n) is 4.14. The number of rotatable bonds is 3. The highest BCUT2D eigenvalue weighted by Crippen LogP contribution is 2.21. The summed E-state index contributed by atoms with van der Waals surface area (Å²) in [5, 5.41) is 20.4. The van der Waals surface area contributed by atoms with Crippen LogP contribution in [0.1, 0.15) is 26.3 Å². The van der Waals surface area contributed by atoms with Gasteiger partial charge in [-0.1, -0.05) is 15.9 Å². The summed E-state index contributed by atoms with van der Waals surface area (Å²) in [6, 6.07) is 12.5. The van der Waals surface area contributed by atoms with Crippen molar-refractivity contribution in [1.29, 1.82) is 5.26 Å². The van der Waals surface area contributed by atoms with E-state index in [0.717, 1.165) is 4.47 Å². The smallest absolute Gasteiger partial charge is 0.335 e. The fourth-order valence-electron chi connectivity index (χ4n) is 1.68. The largest absolute Gasteiger partial charge is 0.478 e. The summed E-state index contributed by atoms with van der Waals surface area (Å²) in [5.74, 6) is -1.47. The van der Waals surface area contributed by atoms with Crippen LogP contribution >= 0.6 is 15.9 Å². The van der Waals surface area contributed by atoms with Crippen LogP contribution in [-0.4, -0.2) is 17.0 Å². The number of amides is 1. The van der Waals surface area contributed by atoms with Gasteiger partial charge in [-0.2, -0.15) is 5.26 Å². The number of halogens is 1. The molecule has 0 saturated heterocycles. The van der Waals surface area contributed by atoms with Crippen LogP contribution in [0.25, 0.3) is 0 Å². The zero-order chi connectivity index (χ0) is 15.4. The van der Waals surface area contributed by atoms with Crippen molar-refractivity contribution in [3.05, 3.63) is 63.6 Å². The fraction of sp³-hybridized carbons (Fsp3) is 0. The lowest BCUT2D eigenvalue weighted by atomic mass is 10.1. The molecule has 2 aromatic carbocycles. The Bertz CT molecular complexity index is 749. The normalized spacial score (nSPS) is 9.71. The zero-order valence-corrected chi connectivity index (χ0v) is 12.2. The Kier molecular flexibility index (Phi) is 4.36. The molecule has 1 amide bonds. The summed E-state index contributed by atoms with van der Waals surface area (Å²) in [4.78, 5) is 22.8. The highest BCUT2D eigenvalue weighted by Gasteiger charge is 2.11. The molecule has 0 unspecified atom stereocenters. The van der Waals surface area contributed by atoms with Gasteiger partial charge in [0.2, 0.25) is 0 Å². The van der Waals surface area contributed by atoms with Crippen molar-refractivity contribution in [2.24, 2.45) is 0 Å². The van der Waals surface area contributed by atoms with Crippen LogP contribution in [-0.2, 0) is 0 Å². The SMILES string of the molecule is N#Cc1ccc(Br)cc1NC(=O)c1ccc(C(=O)O)cc1. The number of hydrogen-bond acceptors (Lipinski definition) is 3. The number of nitriles is 1. The number of nitrogens with one attached hydrogen (secondary N) is 1. The quantitative estimate of drug-likeness (QED) is 0.893. The Morgan fingerprint density at radius 2 is 1.71 bits per heavy atom. The molecule has 104 valence electrons. The number of aromatic carboxylic acids is 1. The molecular formula is C15H9BrN2O3. The van der Waals surface area contributed by atoms with Crippen LogP contribution in [0.5, 0.6) is 0 Å². The molecule has 0 spiro atoms. The van der Waals surface area contributed by atoms with E-state index in [1.165, 1.54) is 24.3 Å². The molecule has 2 aromatic rings. The van der Waals surface area contributed by atoms with Gasteiger partial charge >= 0.3 is 5.97 Å². The van der Waals surface area contributed by atoms with Crippen LogP contribution in [0.2, 0.25) is 0 Å². The van der Waals surface area contributed by atoms with Crippen molar-refractivity contribution in [1.82, 2.24) is 0 Å². The van der Waals surface area contributed by atoms with Gasteiger partial charge in [-0.15, -0.1) is 0 Å². The Balaban J connectivity index is 2.24. The van der Waals surface area contributed by atoms with Gasteiger partial charge in [-0.25, -0.2) is 4.79 Å². The van der Waals surface area contributed by atoms with Crippen molar-refractivity contribution in [2.75, 3.05) is 5.32 Å². The monoisotopic (exact) mass is 344 g/mol. The van der Waals surface area contributed by atoms with Gasteiger partial charge in [0.15, 0.2) is 0 Å². The van der Waals surface area contributed by atoms with E-state index in [0.29, 0.717) is 16.8 Å². The van der Waals surface area contributed by atoms with Crippen molar-refractivity contribution in [3.63, 3.8) is 0 Å². The van der Waals surface area contributed by atoms with Crippen LogP contribution in [0, 0.1) is 11.3 Å². The third kappa shape index (κ3) is 3.46. The number of carboxylic acid groups (broad SMARTS) is 1. The number of carbonyl (C=O) groups is 2. The third-order valence-corrected chi connectivity index (χ3v) is 3.24. The summed E-state index contributed by atoms with van der Waals surface area (Å²) in [6.07, 6.45) is 0. The molecule has 6 heteroatoms. The topological polar surface area (TPSA) is 90.2 Å². The summed E-state index contributed by atoms with van der Waals surface area (Å²) in [5.41, 5.74) is 1.14. The lowest BCUT2D eigenvalue weighted by molar-refractivity contribution is 0.0696. The Hall–Kier alpha value is -2.65. The van der Waals surface area contributed by atoms with Gasteiger partial charge in [0.25, 0.3) is 5.91 Å². The maximum Gasteiger partial charge on any atom is 0.335 e. The minimum atomic E-state index is -1.05. The van der Waals surface area contributed by atoms with Gasteiger partial charge in [0, 0.05) is 10.0 Å². The van der Waals surface area contributed by atoms with Gasteiger partial charge < -0.3 is 10.4 Å². The molecule has 21 heavy (non-hydrogen) atoms. The molecule has 0 aliphatic carbocycles. The molecule has 2 N–H and O–H groups in total. The van der Waals surface area contributed by atoms with E-state index in [1.807, 2.05) is 6.07 Å². The number of benzene rings is 2. The summed E-state index contributed by atoms with van der Waals surface area (Å²) < 4.78 is 0.734. The molecule has 0 heterocycles. The van der Waals surface area contributed by atoms with E-state index in [4.69, 9.17) is 10.4 Å². The summed E-state index contributed by atoms with van der Waals surface area (Å²) in [7, 11) is 0. The van der Waals surface area contributed by atoms with Gasteiger partial charge in [-0.3, -0.25) is 4.79 Å². The molecule has 0 aliphatic rings. The predicted octanol–water partition coefficient (Wildman–Crippen LogP) is 3.27. The van der Waals surface area contributed by atoms with Crippen molar-refractivity contribution < 1.29 is 14.7 Å². The second-order valence-corrected chi connectivity index (χ2v) is 5.05. The van der Waals surface area contributed by atoms with Crippen molar-refractivity contribution in [2.45, 2.75) is 0 Å². The number of anilines is 1. The van der Waals surface area contributed by atoms with Gasteiger partial charge in [-0.05, 0) is 42.5 Å². The number of carboxylic acids is 1. The fourth-order valence-corrected chi connectivity index (χ4v) is 2.04. The van der Waals surface area contributed by atoms with Gasteiger partial charge in [0.1, 0.15) is 6.07 Å². The van der Waals surface area contributed by atoms with E-state index < -0.39 is 11.9 Å². The molecule has 5 nitrogen and oxygen atoms in total. The van der Waals surface area contributed by atoms with Gasteiger partial charge in [0.05, 0.1) is 16.8 Å². The predicted molar refractivity (Wildman–Crippen MR) is 80.2 cm³/mol. The number of hydrogen-bond donors (Lipinski definition) is 2. The molecule has 0 aliphatic heterocycles. The van der Waals surface area contributed by atoms with Crippen LogP contribution in [0.3, 0.4) is 0 Å². The van der Waals surface area contributed by atoms with E-state index >= 15 is 0 Å². The highest BCUT2D eigenvalue weighted by molar-refractivity contribution is 9.10. The van der Waals surface area contributed by atoms with Crippen molar-refractivity contribution >= 4 is 33.5 Å². The molecule has 0 fully saturated rings. The lowest BCUT2D eigenvalue weighted by Gasteiger charge is -2.08. The first-order valence-corrected chi connectivity index (χ1v) is 6.65. The molecule has 0 aromatic heterocycles. The second kappa shape index (κ2) is 6.20. The maximum absolute atomic E-state index is 12.1. The Morgan fingerprint density at radius 1 is 1.10 bits per heavy atom. The van der Waals surface area contributed by atoms with Crippen molar-refractivity contribution in [3.8, 4) is 6.07 Å². The molecule has 0 saturated carbocycles. The third-order valence-electron chi connectivity index (χ3n) is 2.74. The maximum atomic E-state index is 12.1. The molecule has 0 radical (unpaired) electrons. The molecular weight excluding hydrogens is 336 g/mol. The lowest BCUT2D eigenvalue weighted by Crippen LogP contribution is -2.13. The first-order chi connectivity index (χ1) is 10.0. The zero-order valence-electron chi connectivity index (χ0n) is 10.6. The number of carbonyl (C=O) groups excluding carboxylic acids is 1. The number of nitrogens with zero attached hydrogens (tertiary/aromatic N) is 1.